The van der Waals surface area contributed by atoms with E-state index in [9.17, 15) is 13.5 Å². The monoisotopic (exact) mass is 290 g/mol. The van der Waals surface area contributed by atoms with E-state index >= 15 is 0 Å². The largest absolute Gasteiger partial charge is 0.387 e. The summed E-state index contributed by atoms with van der Waals surface area (Å²) in [4.78, 5) is 2.25. The molecule has 0 aromatic rings. The predicted molar refractivity (Wildman–Crippen MR) is 75.4 cm³/mol. The van der Waals surface area contributed by atoms with Crippen LogP contribution in [0.4, 0.5) is 0 Å². The molecule has 0 aromatic carbocycles. The molecule has 19 heavy (non-hydrogen) atoms. The molecule has 112 valence electrons. The summed E-state index contributed by atoms with van der Waals surface area (Å²) < 4.78 is 24.7. The maximum absolute atomic E-state index is 11.6. The zero-order valence-electron chi connectivity index (χ0n) is 12.2. The highest BCUT2D eigenvalue weighted by Crippen LogP contribution is 2.30. The van der Waals surface area contributed by atoms with Gasteiger partial charge in [-0.15, -0.1) is 0 Å². The highest BCUT2D eigenvalue weighted by Gasteiger charge is 2.44. The van der Waals surface area contributed by atoms with Crippen molar-refractivity contribution in [2.24, 2.45) is 11.8 Å². The second kappa shape index (κ2) is 5.31. The van der Waals surface area contributed by atoms with E-state index in [0.29, 0.717) is 19.0 Å². The van der Waals surface area contributed by atoms with Crippen LogP contribution in [0.3, 0.4) is 0 Å². The van der Waals surface area contributed by atoms with E-state index in [0.717, 1.165) is 32.5 Å². The average molecular weight is 290 g/mol. The summed E-state index contributed by atoms with van der Waals surface area (Å²) in [5.41, 5.74) is -0.537. The number of hydrogen-bond donors (Lipinski definition) is 1. The standard InChI is InChI=1S/C13H26N2O3S/c1-11(2)13(16)9-14(10-13)7-12-5-4-6-15(8-12)19(3,17)18/h11-12,16H,4-10H2,1-3H3. The minimum atomic E-state index is -3.05. The number of aliphatic hydroxyl groups is 1. The fourth-order valence-electron chi connectivity index (χ4n) is 3.06. The fourth-order valence-corrected chi connectivity index (χ4v) is 4.01. The minimum absolute atomic E-state index is 0.280. The third kappa shape index (κ3) is 3.48. The van der Waals surface area contributed by atoms with Crippen molar-refractivity contribution in [2.45, 2.75) is 32.3 Å². The lowest BCUT2D eigenvalue weighted by molar-refractivity contribution is -0.132. The van der Waals surface area contributed by atoms with Gasteiger partial charge in [0.2, 0.25) is 10.0 Å². The molecular formula is C13H26N2O3S. The van der Waals surface area contributed by atoms with Crippen LogP contribution in [-0.4, -0.2) is 67.3 Å². The van der Waals surface area contributed by atoms with Crippen LogP contribution in [0.1, 0.15) is 26.7 Å². The summed E-state index contributed by atoms with van der Waals surface area (Å²) in [6.45, 7) is 7.73. The van der Waals surface area contributed by atoms with Crippen LogP contribution >= 0.6 is 0 Å². The van der Waals surface area contributed by atoms with E-state index in [1.54, 1.807) is 4.31 Å². The molecule has 2 saturated heterocycles. The molecule has 0 bridgehead atoms. The Morgan fingerprint density at radius 1 is 1.37 bits per heavy atom. The molecule has 0 radical (unpaired) electrons. The zero-order valence-corrected chi connectivity index (χ0v) is 13.0. The van der Waals surface area contributed by atoms with E-state index in [1.165, 1.54) is 6.26 Å². The number of piperidine rings is 1. The van der Waals surface area contributed by atoms with E-state index < -0.39 is 15.6 Å². The Kier molecular flexibility index (Phi) is 4.26. The molecule has 0 spiro atoms. The summed E-state index contributed by atoms with van der Waals surface area (Å²) in [6, 6.07) is 0. The van der Waals surface area contributed by atoms with Crippen molar-refractivity contribution < 1.29 is 13.5 Å². The van der Waals surface area contributed by atoms with E-state index in [-0.39, 0.29) is 5.92 Å². The number of sulfonamides is 1. The molecule has 2 heterocycles. The van der Waals surface area contributed by atoms with Crippen LogP contribution < -0.4 is 0 Å². The topological polar surface area (TPSA) is 60.9 Å². The Labute approximate surface area is 116 Å². The molecule has 1 N–H and O–H groups in total. The van der Waals surface area contributed by atoms with Gasteiger partial charge < -0.3 is 5.11 Å². The van der Waals surface area contributed by atoms with Crippen molar-refractivity contribution in [3.05, 3.63) is 0 Å². The quantitative estimate of drug-likeness (QED) is 0.812. The van der Waals surface area contributed by atoms with Gasteiger partial charge in [0.25, 0.3) is 0 Å². The average Bonchev–Trinajstić information content (AvgIpc) is 2.25. The van der Waals surface area contributed by atoms with Crippen LogP contribution in [0, 0.1) is 11.8 Å². The van der Waals surface area contributed by atoms with E-state index in [2.05, 4.69) is 4.90 Å². The normalized spacial score (nSPS) is 29.4. The Hall–Kier alpha value is -0.170. The lowest BCUT2D eigenvalue weighted by atomic mass is 9.82. The van der Waals surface area contributed by atoms with Gasteiger partial charge in [-0.3, -0.25) is 4.90 Å². The molecule has 1 unspecified atom stereocenters. The summed E-state index contributed by atoms with van der Waals surface area (Å²) >= 11 is 0. The van der Waals surface area contributed by atoms with Crippen molar-refractivity contribution in [1.82, 2.24) is 9.21 Å². The molecule has 2 aliphatic heterocycles. The van der Waals surface area contributed by atoms with Crippen LogP contribution in [0.2, 0.25) is 0 Å². The second-order valence-corrected chi connectivity index (χ2v) is 8.54. The molecule has 0 aromatic heterocycles. The number of rotatable bonds is 4. The van der Waals surface area contributed by atoms with Crippen molar-refractivity contribution in [3.63, 3.8) is 0 Å². The first-order valence-corrected chi connectivity index (χ1v) is 8.95. The van der Waals surface area contributed by atoms with E-state index in [1.807, 2.05) is 13.8 Å². The van der Waals surface area contributed by atoms with Gasteiger partial charge in [-0.05, 0) is 24.7 Å². The summed E-state index contributed by atoms with van der Waals surface area (Å²) in [5, 5.41) is 10.2. The Morgan fingerprint density at radius 3 is 2.53 bits per heavy atom. The molecule has 0 amide bonds. The lowest BCUT2D eigenvalue weighted by Gasteiger charge is -2.50. The zero-order chi connectivity index (χ0) is 14.3. The third-order valence-electron chi connectivity index (χ3n) is 4.54. The maximum atomic E-state index is 11.6. The molecule has 0 aliphatic carbocycles. The number of likely N-dealkylation sites (tertiary alicyclic amines) is 1. The van der Waals surface area contributed by atoms with Crippen molar-refractivity contribution in [1.29, 1.82) is 0 Å². The summed E-state index contributed by atoms with van der Waals surface area (Å²) in [7, 11) is -3.05. The van der Waals surface area contributed by atoms with Gasteiger partial charge >= 0.3 is 0 Å². The second-order valence-electron chi connectivity index (χ2n) is 6.56. The van der Waals surface area contributed by atoms with E-state index in [4.69, 9.17) is 0 Å². The highest BCUT2D eigenvalue weighted by atomic mass is 32.2. The number of nitrogens with zero attached hydrogens (tertiary/aromatic N) is 2. The van der Waals surface area contributed by atoms with Crippen molar-refractivity contribution >= 4 is 10.0 Å². The third-order valence-corrected chi connectivity index (χ3v) is 5.81. The Bertz CT molecular complexity index is 416. The van der Waals surface area contributed by atoms with Gasteiger partial charge in [-0.25, -0.2) is 12.7 Å². The van der Waals surface area contributed by atoms with Gasteiger partial charge in [0.05, 0.1) is 11.9 Å². The molecule has 0 saturated carbocycles. The van der Waals surface area contributed by atoms with Crippen molar-refractivity contribution in [3.8, 4) is 0 Å². The summed E-state index contributed by atoms with van der Waals surface area (Å²) in [5.74, 6) is 0.683. The number of β-amino-alcohol motifs (C(OH)–C–C–N with tert-alkyl or cyclic N) is 1. The summed E-state index contributed by atoms with van der Waals surface area (Å²) in [6.07, 6.45) is 3.32. The smallest absolute Gasteiger partial charge is 0.211 e. The molecule has 2 fully saturated rings. The van der Waals surface area contributed by atoms with Crippen LogP contribution in [0.15, 0.2) is 0 Å². The Morgan fingerprint density at radius 2 is 2.00 bits per heavy atom. The molecule has 5 nitrogen and oxygen atoms in total. The maximum Gasteiger partial charge on any atom is 0.211 e. The Balaban J connectivity index is 1.82. The van der Waals surface area contributed by atoms with Crippen LogP contribution in [0.5, 0.6) is 0 Å². The van der Waals surface area contributed by atoms with Crippen LogP contribution in [0.25, 0.3) is 0 Å². The molecule has 1 atom stereocenters. The fraction of sp³-hybridized carbons (Fsp3) is 1.00. The SMILES string of the molecule is CC(C)C1(O)CN(CC2CCCN(S(C)(=O)=O)C2)C1. The first-order valence-electron chi connectivity index (χ1n) is 7.10. The predicted octanol–water partition coefficient (Wildman–Crippen LogP) is 0.361. The first kappa shape index (κ1) is 15.2. The van der Waals surface area contributed by atoms with Crippen LogP contribution in [-0.2, 0) is 10.0 Å². The minimum Gasteiger partial charge on any atom is -0.387 e. The van der Waals surface area contributed by atoms with Gasteiger partial charge in [-0.1, -0.05) is 13.8 Å². The number of hydrogen-bond acceptors (Lipinski definition) is 4. The lowest BCUT2D eigenvalue weighted by Crippen LogP contribution is -2.65. The molecule has 2 aliphatic rings. The molecule has 2 rings (SSSR count). The van der Waals surface area contributed by atoms with Gasteiger partial charge in [0.15, 0.2) is 0 Å². The van der Waals surface area contributed by atoms with Gasteiger partial charge in [0.1, 0.15) is 0 Å². The van der Waals surface area contributed by atoms with Gasteiger partial charge in [0, 0.05) is 32.7 Å². The highest BCUT2D eigenvalue weighted by molar-refractivity contribution is 7.88. The first-order chi connectivity index (χ1) is 8.71. The van der Waals surface area contributed by atoms with Gasteiger partial charge in [-0.2, -0.15) is 0 Å². The van der Waals surface area contributed by atoms with Crippen molar-refractivity contribution in [2.75, 3.05) is 39.0 Å². The molecular weight excluding hydrogens is 264 g/mol. The molecule has 6 heteroatoms.